The molecule has 94 valence electrons. The first-order valence-electron chi connectivity index (χ1n) is 5.09. The Hall–Kier alpha value is -2.37. The van der Waals surface area contributed by atoms with Crippen LogP contribution in [0.2, 0.25) is 0 Å². The van der Waals surface area contributed by atoms with Crippen LogP contribution in [0.1, 0.15) is 5.56 Å². The highest BCUT2D eigenvalue weighted by Gasteiger charge is 2.16. The summed E-state index contributed by atoms with van der Waals surface area (Å²) < 4.78 is 30.9. The minimum absolute atomic E-state index is 0.151. The molecule has 0 atom stereocenters. The average molecular weight is 252 g/mol. The summed E-state index contributed by atoms with van der Waals surface area (Å²) >= 11 is 0. The van der Waals surface area contributed by atoms with Crippen molar-refractivity contribution in [2.75, 3.05) is 7.11 Å². The molecular weight excluding hydrogens is 242 g/mol. The molecule has 0 radical (unpaired) electrons. The van der Waals surface area contributed by atoms with Crippen LogP contribution in [-0.4, -0.2) is 13.1 Å². The molecule has 0 aliphatic carbocycles. The van der Waals surface area contributed by atoms with Gasteiger partial charge in [-0.15, -0.1) is 0 Å². The summed E-state index contributed by atoms with van der Waals surface area (Å²) in [5, 5.41) is 0. The molecule has 0 fully saturated rings. The molecule has 1 aliphatic heterocycles. The van der Waals surface area contributed by atoms with Crippen LogP contribution in [0, 0.1) is 11.6 Å². The SMILES string of the molecule is COC(=O)C1=CNNC(c2ccc(F)cc2F)=C1. The van der Waals surface area contributed by atoms with Gasteiger partial charge in [0.15, 0.2) is 0 Å². The van der Waals surface area contributed by atoms with Gasteiger partial charge in [0.05, 0.1) is 18.4 Å². The molecule has 1 aromatic carbocycles. The van der Waals surface area contributed by atoms with E-state index in [1.165, 1.54) is 25.5 Å². The second-order valence-corrected chi connectivity index (χ2v) is 3.54. The zero-order chi connectivity index (χ0) is 13.1. The molecule has 1 aromatic rings. The highest BCUT2D eigenvalue weighted by molar-refractivity contribution is 5.94. The van der Waals surface area contributed by atoms with Crippen LogP contribution in [0.15, 0.2) is 36.0 Å². The number of benzene rings is 1. The molecule has 0 spiro atoms. The second-order valence-electron chi connectivity index (χ2n) is 3.54. The van der Waals surface area contributed by atoms with Crippen LogP contribution in [0.3, 0.4) is 0 Å². The number of halogens is 2. The minimum atomic E-state index is -0.721. The van der Waals surface area contributed by atoms with Gasteiger partial charge in [0.1, 0.15) is 11.6 Å². The van der Waals surface area contributed by atoms with Gasteiger partial charge in [-0.1, -0.05) is 0 Å². The maximum Gasteiger partial charge on any atom is 0.339 e. The molecule has 0 aromatic heterocycles. The van der Waals surface area contributed by atoms with Gasteiger partial charge in [0, 0.05) is 17.8 Å². The van der Waals surface area contributed by atoms with E-state index in [-0.39, 0.29) is 11.1 Å². The summed E-state index contributed by atoms with van der Waals surface area (Å²) in [5.74, 6) is -1.94. The zero-order valence-electron chi connectivity index (χ0n) is 9.46. The van der Waals surface area contributed by atoms with Crippen molar-refractivity contribution in [3.8, 4) is 0 Å². The first kappa shape index (κ1) is 12.1. The number of carbonyl (C=O) groups excluding carboxylic acids is 1. The van der Waals surface area contributed by atoms with Gasteiger partial charge in [0.25, 0.3) is 0 Å². The maximum absolute atomic E-state index is 13.6. The van der Waals surface area contributed by atoms with Crippen molar-refractivity contribution in [1.29, 1.82) is 0 Å². The summed E-state index contributed by atoms with van der Waals surface area (Å²) in [6.45, 7) is 0. The van der Waals surface area contributed by atoms with E-state index in [4.69, 9.17) is 0 Å². The molecule has 2 N–H and O–H groups in total. The van der Waals surface area contributed by atoms with E-state index in [9.17, 15) is 13.6 Å². The van der Waals surface area contributed by atoms with Gasteiger partial charge in [-0.2, -0.15) is 0 Å². The fourth-order valence-corrected chi connectivity index (χ4v) is 1.51. The monoisotopic (exact) mass is 252 g/mol. The van der Waals surface area contributed by atoms with Gasteiger partial charge in [-0.05, 0) is 18.2 Å². The lowest BCUT2D eigenvalue weighted by molar-refractivity contribution is -0.135. The fraction of sp³-hybridized carbons (Fsp3) is 0.0833. The normalized spacial score (nSPS) is 13.9. The van der Waals surface area contributed by atoms with Crippen molar-refractivity contribution in [2.24, 2.45) is 0 Å². The highest BCUT2D eigenvalue weighted by Crippen LogP contribution is 2.20. The third-order valence-corrected chi connectivity index (χ3v) is 2.38. The predicted molar refractivity (Wildman–Crippen MR) is 60.7 cm³/mol. The quantitative estimate of drug-likeness (QED) is 0.783. The Morgan fingerprint density at radius 3 is 2.78 bits per heavy atom. The standard InChI is InChI=1S/C12H10F2N2O2/c1-18-12(17)7-4-11(16-15-6-7)9-3-2-8(13)5-10(9)14/h2-6,15-16H,1H3. The third kappa shape index (κ3) is 2.32. The number of nitrogens with one attached hydrogen (secondary N) is 2. The summed E-state index contributed by atoms with van der Waals surface area (Å²) in [6, 6.07) is 3.19. The highest BCUT2D eigenvalue weighted by atomic mass is 19.1. The third-order valence-electron chi connectivity index (χ3n) is 2.38. The summed E-state index contributed by atoms with van der Waals surface area (Å²) in [6.07, 6.45) is 2.80. The molecule has 0 saturated heterocycles. The van der Waals surface area contributed by atoms with Gasteiger partial charge < -0.3 is 15.6 Å². The topological polar surface area (TPSA) is 50.4 Å². The molecule has 4 nitrogen and oxygen atoms in total. The van der Waals surface area contributed by atoms with E-state index in [0.717, 1.165) is 12.1 Å². The van der Waals surface area contributed by atoms with Crippen LogP contribution < -0.4 is 10.9 Å². The van der Waals surface area contributed by atoms with Crippen LogP contribution in [0.5, 0.6) is 0 Å². The van der Waals surface area contributed by atoms with Crippen LogP contribution in [0.25, 0.3) is 5.70 Å². The Morgan fingerprint density at radius 2 is 2.11 bits per heavy atom. The summed E-state index contributed by atoms with van der Waals surface area (Å²) in [4.78, 5) is 11.3. The first-order valence-corrected chi connectivity index (χ1v) is 5.09. The van der Waals surface area contributed by atoms with Crippen molar-refractivity contribution in [1.82, 2.24) is 10.9 Å². The molecule has 0 amide bonds. The van der Waals surface area contributed by atoms with Crippen molar-refractivity contribution >= 4 is 11.7 Å². The van der Waals surface area contributed by atoms with Gasteiger partial charge in [0.2, 0.25) is 0 Å². The van der Waals surface area contributed by atoms with E-state index < -0.39 is 17.6 Å². The Morgan fingerprint density at radius 1 is 1.33 bits per heavy atom. The van der Waals surface area contributed by atoms with Gasteiger partial charge in [-0.25, -0.2) is 13.6 Å². The van der Waals surface area contributed by atoms with Crippen LogP contribution in [0.4, 0.5) is 8.78 Å². The molecule has 0 bridgehead atoms. The maximum atomic E-state index is 13.6. The molecular formula is C12H10F2N2O2. The lowest BCUT2D eigenvalue weighted by Gasteiger charge is -2.17. The van der Waals surface area contributed by atoms with E-state index in [2.05, 4.69) is 15.6 Å². The minimum Gasteiger partial charge on any atom is -0.465 e. The Bertz CT molecular complexity index is 553. The molecule has 0 unspecified atom stereocenters. The Kier molecular flexibility index (Phi) is 3.27. The van der Waals surface area contributed by atoms with Crippen molar-refractivity contribution < 1.29 is 18.3 Å². The average Bonchev–Trinajstić information content (AvgIpc) is 2.38. The van der Waals surface area contributed by atoms with Crippen molar-refractivity contribution in [2.45, 2.75) is 0 Å². The largest absolute Gasteiger partial charge is 0.465 e. The van der Waals surface area contributed by atoms with E-state index in [1.807, 2.05) is 0 Å². The molecule has 0 saturated carbocycles. The Labute approximate surface area is 102 Å². The van der Waals surface area contributed by atoms with Crippen LogP contribution >= 0.6 is 0 Å². The van der Waals surface area contributed by atoms with Crippen molar-refractivity contribution in [3.05, 3.63) is 53.2 Å². The lowest BCUT2D eigenvalue weighted by Crippen LogP contribution is -2.30. The van der Waals surface area contributed by atoms with Crippen LogP contribution in [-0.2, 0) is 9.53 Å². The van der Waals surface area contributed by atoms with E-state index in [0.29, 0.717) is 5.70 Å². The fourth-order valence-electron chi connectivity index (χ4n) is 1.51. The smallest absolute Gasteiger partial charge is 0.339 e. The van der Waals surface area contributed by atoms with E-state index in [1.54, 1.807) is 0 Å². The number of carbonyl (C=O) groups is 1. The number of hydrazine groups is 1. The number of esters is 1. The molecule has 1 aliphatic rings. The predicted octanol–water partition coefficient (Wildman–Crippen LogP) is 1.47. The second kappa shape index (κ2) is 4.87. The van der Waals surface area contributed by atoms with E-state index >= 15 is 0 Å². The number of ether oxygens (including phenoxy) is 1. The van der Waals surface area contributed by atoms with Crippen molar-refractivity contribution in [3.63, 3.8) is 0 Å². The molecule has 18 heavy (non-hydrogen) atoms. The summed E-state index contributed by atoms with van der Waals surface area (Å²) in [5.41, 5.74) is 5.97. The Balaban J connectivity index is 2.36. The lowest BCUT2D eigenvalue weighted by atomic mass is 10.1. The number of hydrogen-bond acceptors (Lipinski definition) is 4. The van der Waals surface area contributed by atoms with Gasteiger partial charge >= 0.3 is 5.97 Å². The number of rotatable bonds is 2. The molecule has 2 rings (SSSR count). The molecule has 1 heterocycles. The number of hydrogen-bond donors (Lipinski definition) is 2. The first-order chi connectivity index (χ1) is 8.61. The zero-order valence-corrected chi connectivity index (χ0v) is 9.46. The molecule has 6 heteroatoms. The number of methoxy groups -OCH3 is 1. The van der Waals surface area contributed by atoms with Gasteiger partial charge in [-0.3, -0.25) is 0 Å². The summed E-state index contributed by atoms with van der Waals surface area (Å²) in [7, 11) is 1.25.